The SMILES string of the molecule is CCC[C@@](O)(c1ccccc1I)[C@H]1CCCC[C@@H]1OC(N)=O. The van der Waals surface area contributed by atoms with E-state index in [1.165, 1.54) is 0 Å². The predicted molar refractivity (Wildman–Crippen MR) is 94.4 cm³/mol. The summed E-state index contributed by atoms with van der Waals surface area (Å²) in [6.45, 7) is 2.06. The van der Waals surface area contributed by atoms with Gasteiger partial charge >= 0.3 is 6.09 Å². The first-order valence-electron chi connectivity index (χ1n) is 7.92. The molecule has 0 saturated heterocycles. The first kappa shape index (κ1) is 17.5. The minimum absolute atomic E-state index is 0.107. The molecule has 2 rings (SSSR count). The lowest BCUT2D eigenvalue weighted by Gasteiger charge is -2.43. The standard InChI is InChI=1S/C17H24INO3/c1-2-11-17(21,12-7-3-5-9-14(12)18)13-8-4-6-10-15(13)22-16(19)20/h3,5,7,9,13,15,21H,2,4,6,8,10-11H2,1H3,(H2,19,20)/t13-,15-,17+/m0/s1. The fraction of sp³-hybridized carbons (Fsp3) is 0.588. The van der Waals surface area contributed by atoms with Crippen LogP contribution in [-0.4, -0.2) is 17.3 Å². The lowest BCUT2D eigenvalue weighted by atomic mass is 9.70. The number of aliphatic hydroxyl groups is 1. The van der Waals surface area contributed by atoms with Gasteiger partial charge in [0.1, 0.15) is 6.10 Å². The third kappa shape index (κ3) is 3.74. The van der Waals surface area contributed by atoms with E-state index in [4.69, 9.17) is 10.5 Å². The van der Waals surface area contributed by atoms with Crippen molar-refractivity contribution in [1.82, 2.24) is 0 Å². The monoisotopic (exact) mass is 417 g/mol. The summed E-state index contributed by atoms with van der Waals surface area (Å²) in [5, 5.41) is 11.5. The molecule has 1 saturated carbocycles. The number of hydrogen-bond acceptors (Lipinski definition) is 3. The molecule has 122 valence electrons. The highest BCUT2D eigenvalue weighted by Crippen LogP contribution is 2.44. The normalized spacial score (nSPS) is 24.5. The van der Waals surface area contributed by atoms with Gasteiger partial charge in [0, 0.05) is 9.49 Å². The fourth-order valence-corrected chi connectivity index (χ4v) is 4.50. The molecule has 1 aromatic carbocycles. The van der Waals surface area contributed by atoms with Crippen LogP contribution in [-0.2, 0) is 10.3 Å². The van der Waals surface area contributed by atoms with Crippen molar-refractivity contribution in [1.29, 1.82) is 0 Å². The largest absolute Gasteiger partial charge is 0.446 e. The number of primary amides is 1. The molecule has 1 aliphatic rings. The maximum absolute atomic E-state index is 11.5. The summed E-state index contributed by atoms with van der Waals surface area (Å²) in [5.74, 6) is -0.107. The second-order valence-electron chi connectivity index (χ2n) is 6.02. The van der Waals surface area contributed by atoms with Crippen LogP contribution in [0.1, 0.15) is 51.0 Å². The molecule has 3 N–H and O–H groups in total. The maximum atomic E-state index is 11.5. The molecular formula is C17H24INO3. The van der Waals surface area contributed by atoms with Crippen LogP contribution in [0.2, 0.25) is 0 Å². The molecule has 5 heteroatoms. The maximum Gasteiger partial charge on any atom is 0.404 e. The topological polar surface area (TPSA) is 72.6 Å². The summed E-state index contributed by atoms with van der Waals surface area (Å²) in [7, 11) is 0. The molecule has 1 aromatic rings. The number of halogens is 1. The van der Waals surface area contributed by atoms with E-state index in [1.807, 2.05) is 24.3 Å². The summed E-state index contributed by atoms with van der Waals surface area (Å²) in [6, 6.07) is 7.90. The van der Waals surface area contributed by atoms with Gasteiger partial charge in [-0.1, -0.05) is 38.0 Å². The zero-order chi connectivity index (χ0) is 16.2. The molecule has 0 spiro atoms. The van der Waals surface area contributed by atoms with Gasteiger partial charge in [0.2, 0.25) is 0 Å². The molecule has 1 amide bonds. The summed E-state index contributed by atoms with van der Waals surface area (Å²) >= 11 is 2.26. The Balaban J connectivity index is 2.39. The van der Waals surface area contributed by atoms with Gasteiger partial charge in [0.15, 0.2) is 0 Å². The van der Waals surface area contributed by atoms with Crippen LogP contribution < -0.4 is 5.73 Å². The molecule has 1 aliphatic carbocycles. The van der Waals surface area contributed by atoms with E-state index in [0.29, 0.717) is 6.42 Å². The average Bonchev–Trinajstić information content (AvgIpc) is 2.47. The quantitative estimate of drug-likeness (QED) is 0.714. The Labute approximate surface area is 145 Å². The first-order chi connectivity index (χ1) is 10.5. The molecule has 0 bridgehead atoms. The predicted octanol–water partition coefficient (Wildman–Crippen LogP) is 3.93. The number of amides is 1. The van der Waals surface area contributed by atoms with Crippen LogP contribution in [0.25, 0.3) is 0 Å². The number of carbonyl (C=O) groups excluding carboxylic acids is 1. The van der Waals surface area contributed by atoms with Crippen LogP contribution in [0.5, 0.6) is 0 Å². The van der Waals surface area contributed by atoms with Gasteiger partial charge in [0.25, 0.3) is 0 Å². The van der Waals surface area contributed by atoms with Crippen LogP contribution in [0.3, 0.4) is 0 Å². The minimum Gasteiger partial charge on any atom is -0.446 e. The van der Waals surface area contributed by atoms with Crippen LogP contribution >= 0.6 is 22.6 Å². The summed E-state index contributed by atoms with van der Waals surface area (Å²) in [5.41, 5.74) is 5.18. The van der Waals surface area contributed by atoms with Gasteiger partial charge in [-0.3, -0.25) is 0 Å². The van der Waals surface area contributed by atoms with Gasteiger partial charge in [0.05, 0.1) is 5.60 Å². The number of benzene rings is 1. The number of ether oxygens (including phenoxy) is 1. The summed E-state index contributed by atoms with van der Waals surface area (Å²) < 4.78 is 6.38. The zero-order valence-electron chi connectivity index (χ0n) is 12.9. The highest BCUT2D eigenvalue weighted by atomic mass is 127. The Morgan fingerprint density at radius 1 is 1.41 bits per heavy atom. The number of carbonyl (C=O) groups is 1. The minimum atomic E-state index is -0.979. The van der Waals surface area contributed by atoms with Crippen LogP contribution in [0.15, 0.2) is 24.3 Å². The lowest BCUT2D eigenvalue weighted by molar-refractivity contribution is -0.100. The molecule has 22 heavy (non-hydrogen) atoms. The highest BCUT2D eigenvalue weighted by molar-refractivity contribution is 14.1. The number of hydrogen-bond donors (Lipinski definition) is 2. The van der Waals surface area contributed by atoms with Crippen LogP contribution in [0.4, 0.5) is 4.79 Å². The Hall–Kier alpha value is -0.820. The lowest BCUT2D eigenvalue weighted by Crippen LogP contribution is -2.46. The molecule has 0 heterocycles. The number of nitrogens with two attached hydrogens (primary N) is 1. The third-order valence-electron chi connectivity index (χ3n) is 4.55. The van der Waals surface area contributed by atoms with Gasteiger partial charge < -0.3 is 15.6 Å². The van der Waals surface area contributed by atoms with E-state index in [1.54, 1.807) is 0 Å². The summed E-state index contributed by atoms with van der Waals surface area (Å²) in [4.78, 5) is 11.2. The highest BCUT2D eigenvalue weighted by Gasteiger charge is 2.45. The van der Waals surface area contributed by atoms with Crippen molar-refractivity contribution in [3.05, 3.63) is 33.4 Å². The second-order valence-corrected chi connectivity index (χ2v) is 7.18. The van der Waals surface area contributed by atoms with Crippen molar-refractivity contribution in [2.45, 2.75) is 57.2 Å². The number of rotatable bonds is 5. The van der Waals surface area contributed by atoms with Crippen molar-refractivity contribution in [2.24, 2.45) is 11.7 Å². The van der Waals surface area contributed by atoms with Crippen molar-refractivity contribution >= 4 is 28.7 Å². The van der Waals surface area contributed by atoms with E-state index in [2.05, 4.69) is 29.5 Å². The van der Waals surface area contributed by atoms with Crippen molar-refractivity contribution in [2.75, 3.05) is 0 Å². The Morgan fingerprint density at radius 2 is 2.09 bits per heavy atom. The van der Waals surface area contributed by atoms with Crippen molar-refractivity contribution in [3.8, 4) is 0 Å². The van der Waals surface area contributed by atoms with E-state index in [-0.39, 0.29) is 12.0 Å². The molecule has 4 nitrogen and oxygen atoms in total. The molecule has 0 unspecified atom stereocenters. The van der Waals surface area contributed by atoms with E-state index < -0.39 is 11.7 Å². The second kappa shape index (κ2) is 7.64. The summed E-state index contributed by atoms with van der Waals surface area (Å²) in [6.07, 6.45) is 4.11. The smallest absolute Gasteiger partial charge is 0.404 e. The van der Waals surface area contributed by atoms with Gasteiger partial charge in [-0.05, 0) is 59.9 Å². The molecular weight excluding hydrogens is 393 g/mol. The zero-order valence-corrected chi connectivity index (χ0v) is 15.1. The molecule has 0 radical (unpaired) electrons. The first-order valence-corrected chi connectivity index (χ1v) is 9.00. The average molecular weight is 417 g/mol. The van der Waals surface area contributed by atoms with E-state index in [0.717, 1.165) is 41.2 Å². The molecule has 1 fully saturated rings. The fourth-order valence-electron chi connectivity index (χ4n) is 3.65. The van der Waals surface area contributed by atoms with Crippen molar-refractivity contribution in [3.63, 3.8) is 0 Å². The Morgan fingerprint density at radius 3 is 2.73 bits per heavy atom. The van der Waals surface area contributed by atoms with E-state index >= 15 is 0 Å². The van der Waals surface area contributed by atoms with Gasteiger partial charge in [-0.2, -0.15) is 0 Å². The molecule has 3 atom stereocenters. The van der Waals surface area contributed by atoms with Crippen LogP contribution in [0, 0.1) is 9.49 Å². The van der Waals surface area contributed by atoms with Gasteiger partial charge in [-0.25, -0.2) is 4.79 Å². The Kier molecular flexibility index (Phi) is 6.09. The molecule has 0 aromatic heterocycles. The Bertz CT molecular complexity index is 522. The van der Waals surface area contributed by atoms with E-state index in [9.17, 15) is 9.90 Å². The van der Waals surface area contributed by atoms with Crippen molar-refractivity contribution < 1.29 is 14.6 Å². The third-order valence-corrected chi connectivity index (χ3v) is 5.50. The molecule has 0 aliphatic heterocycles. The van der Waals surface area contributed by atoms with Gasteiger partial charge in [-0.15, -0.1) is 0 Å².